The van der Waals surface area contributed by atoms with Crippen LogP contribution < -0.4 is 10.6 Å². The molecular weight excluding hydrogens is 248 g/mol. The van der Waals surface area contributed by atoms with Crippen molar-refractivity contribution in [2.75, 3.05) is 11.9 Å². The summed E-state index contributed by atoms with van der Waals surface area (Å²) in [6.45, 7) is 0.127. The van der Waals surface area contributed by atoms with Gasteiger partial charge >= 0.3 is 0 Å². The first-order valence-corrected chi connectivity index (χ1v) is 5.82. The number of hydrogen-bond acceptors (Lipinski definition) is 5. The van der Waals surface area contributed by atoms with E-state index >= 15 is 0 Å². The van der Waals surface area contributed by atoms with E-state index in [2.05, 4.69) is 10.6 Å². The minimum absolute atomic E-state index is 0.103. The van der Waals surface area contributed by atoms with Crippen LogP contribution in [0.4, 0.5) is 11.4 Å². The molecule has 1 saturated carbocycles. The lowest BCUT2D eigenvalue weighted by atomic mass is 10.2. The van der Waals surface area contributed by atoms with Crippen molar-refractivity contribution < 1.29 is 9.72 Å². The van der Waals surface area contributed by atoms with Crippen molar-refractivity contribution >= 4 is 17.3 Å². The van der Waals surface area contributed by atoms with Gasteiger partial charge in [-0.2, -0.15) is 5.26 Å². The molecule has 7 heteroatoms. The van der Waals surface area contributed by atoms with Crippen LogP contribution in [0, 0.1) is 21.4 Å². The standard InChI is InChI=1S/C12H12N4O3/c13-6-8-1-4-10(11(5-8)16(18)19)15-12(17)7-14-9-2-3-9/h1,4-5,9,14H,2-3,7H2,(H,15,17). The summed E-state index contributed by atoms with van der Waals surface area (Å²) in [4.78, 5) is 21.9. The molecule has 0 aliphatic heterocycles. The van der Waals surface area contributed by atoms with E-state index in [1.54, 1.807) is 0 Å². The zero-order valence-electron chi connectivity index (χ0n) is 10.0. The molecule has 2 rings (SSSR count). The second-order valence-electron chi connectivity index (χ2n) is 4.30. The van der Waals surface area contributed by atoms with Gasteiger partial charge in [0.05, 0.1) is 23.1 Å². The summed E-state index contributed by atoms with van der Waals surface area (Å²) in [7, 11) is 0. The molecular formula is C12H12N4O3. The third-order valence-corrected chi connectivity index (χ3v) is 2.73. The fourth-order valence-electron chi connectivity index (χ4n) is 1.58. The van der Waals surface area contributed by atoms with Crippen molar-refractivity contribution in [1.82, 2.24) is 5.32 Å². The molecule has 1 amide bonds. The molecule has 0 bridgehead atoms. The lowest BCUT2D eigenvalue weighted by Crippen LogP contribution is -2.29. The fraction of sp³-hybridized carbons (Fsp3) is 0.333. The number of rotatable bonds is 5. The zero-order chi connectivity index (χ0) is 13.8. The Morgan fingerprint density at radius 3 is 2.84 bits per heavy atom. The molecule has 1 aliphatic carbocycles. The summed E-state index contributed by atoms with van der Waals surface area (Å²) in [5.41, 5.74) is 0.00576. The number of nitriles is 1. The fourth-order valence-corrected chi connectivity index (χ4v) is 1.58. The molecule has 19 heavy (non-hydrogen) atoms. The van der Waals surface area contributed by atoms with E-state index in [0.717, 1.165) is 18.9 Å². The van der Waals surface area contributed by atoms with Crippen molar-refractivity contribution in [3.05, 3.63) is 33.9 Å². The largest absolute Gasteiger partial charge is 0.319 e. The minimum Gasteiger partial charge on any atom is -0.319 e. The first-order valence-electron chi connectivity index (χ1n) is 5.82. The summed E-state index contributed by atoms with van der Waals surface area (Å²) in [6.07, 6.45) is 2.12. The highest BCUT2D eigenvalue weighted by atomic mass is 16.6. The van der Waals surface area contributed by atoms with Gasteiger partial charge in [-0.05, 0) is 25.0 Å². The van der Waals surface area contributed by atoms with Gasteiger partial charge in [0.15, 0.2) is 0 Å². The molecule has 1 aromatic carbocycles. The highest BCUT2D eigenvalue weighted by Gasteiger charge is 2.22. The highest BCUT2D eigenvalue weighted by molar-refractivity contribution is 5.94. The third kappa shape index (κ3) is 3.50. The molecule has 0 unspecified atom stereocenters. The summed E-state index contributed by atoms with van der Waals surface area (Å²) >= 11 is 0. The van der Waals surface area contributed by atoms with Crippen molar-refractivity contribution in [2.24, 2.45) is 0 Å². The maximum absolute atomic E-state index is 11.6. The number of nitro benzene ring substituents is 1. The van der Waals surface area contributed by atoms with Gasteiger partial charge in [-0.15, -0.1) is 0 Å². The van der Waals surface area contributed by atoms with Crippen LogP contribution >= 0.6 is 0 Å². The Morgan fingerprint density at radius 1 is 1.53 bits per heavy atom. The van der Waals surface area contributed by atoms with Crippen molar-refractivity contribution in [3.63, 3.8) is 0 Å². The number of anilines is 1. The minimum atomic E-state index is -0.620. The second-order valence-corrected chi connectivity index (χ2v) is 4.30. The van der Waals surface area contributed by atoms with E-state index in [1.165, 1.54) is 12.1 Å². The van der Waals surface area contributed by atoms with Crippen LogP contribution in [0.5, 0.6) is 0 Å². The maximum Gasteiger partial charge on any atom is 0.294 e. The number of benzene rings is 1. The Kier molecular flexibility index (Phi) is 3.73. The molecule has 0 radical (unpaired) electrons. The first kappa shape index (κ1) is 13.0. The Labute approximate surface area is 109 Å². The quantitative estimate of drug-likeness (QED) is 0.610. The molecule has 0 aromatic heterocycles. The number of hydrogen-bond donors (Lipinski definition) is 2. The van der Waals surface area contributed by atoms with E-state index in [1.807, 2.05) is 6.07 Å². The van der Waals surface area contributed by atoms with Gasteiger partial charge < -0.3 is 10.6 Å². The van der Waals surface area contributed by atoms with E-state index < -0.39 is 4.92 Å². The molecule has 0 saturated heterocycles. The lowest BCUT2D eigenvalue weighted by Gasteiger charge is -2.06. The van der Waals surface area contributed by atoms with Crippen molar-refractivity contribution in [3.8, 4) is 6.07 Å². The van der Waals surface area contributed by atoms with E-state index in [4.69, 9.17) is 5.26 Å². The van der Waals surface area contributed by atoms with Gasteiger partial charge in [0.1, 0.15) is 5.69 Å². The number of nitrogens with one attached hydrogen (secondary N) is 2. The van der Waals surface area contributed by atoms with Gasteiger partial charge in [0.2, 0.25) is 5.91 Å². The molecule has 0 atom stereocenters. The van der Waals surface area contributed by atoms with Crippen LogP contribution in [0.25, 0.3) is 0 Å². The van der Waals surface area contributed by atoms with Crippen LogP contribution in [-0.4, -0.2) is 23.4 Å². The molecule has 0 spiro atoms. The monoisotopic (exact) mass is 260 g/mol. The first-order chi connectivity index (χ1) is 9.10. The number of carbonyl (C=O) groups excluding carboxylic acids is 1. The predicted octanol–water partition coefficient (Wildman–Crippen LogP) is 1.16. The van der Waals surface area contributed by atoms with Gasteiger partial charge in [0.25, 0.3) is 5.69 Å². The Morgan fingerprint density at radius 2 is 2.26 bits per heavy atom. The number of nitro groups is 1. The Balaban J connectivity index is 2.07. The Bertz CT molecular complexity index is 561. The predicted molar refractivity (Wildman–Crippen MR) is 67.5 cm³/mol. The molecule has 7 nitrogen and oxygen atoms in total. The van der Waals surface area contributed by atoms with E-state index in [0.29, 0.717) is 6.04 Å². The summed E-state index contributed by atoms with van der Waals surface area (Å²) in [5, 5.41) is 25.1. The molecule has 98 valence electrons. The SMILES string of the molecule is N#Cc1ccc(NC(=O)CNC2CC2)c([N+](=O)[O-])c1. The topological polar surface area (TPSA) is 108 Å². The van der Waals surface area contributed by atoms with Crippen LogP contribution in [0.15, 0.2) is 18.2 Å². The summed E-state index contributed by atoms with van der Waals surface area (Å²) in [6, 6.07) is 6.15. The molecule has 2 N–H and O–H groups in total. The lowest BCUT2D eigenvalue weighted by molar-refractivity contribution is -0.383. The number of amides is 1. The van der Waals surface area contributed by atoms with Crippen molar-refractivity contribution in [1.29, 1.82) is 5.26 Å². The zero-order valence-corrected chi connectivity index (χ0v) is 10.0. The van der Waals surface area contributed by atoms with E-state index in [9.17, 15) is 14.9 Å². The summed E-state index contributed by atoms with van der Waals surface area (Å²) in [5.74, 6) is -0.334. The van der Waals surface area contributed by atoms with Crippen LogP contribution in [0.1, 0.15) is 18.4 Å². The van der Waals surface area contributed by atoms with Crippen LogP contribution in [-0.2, 0) is 4.79 Å². The average Bonchev–Trinajstić information content (AvgIpc) is 3.20. The summed E-state index contributed by atoms with van der Waals surface area (Å²) < 4.78 is 0. The average molecular weight is 260 g/mol. The van der Waals surface area contributed by atoms with Crippen LogP contribution in [0.3, 0.4) is 0 Å². The molecule has 1 fully saturated rings. The smallest absolute Gasteiger partial charge is 0.294 e. The molecule has 1 aliphatic rings. The normalized spacial score (nSPS) is 13.6. The molecule has 1 aromatic rings. The van der Waals surface area contributed by atoms with E-state index in [-0.39, 0.29) is 29.4 Å². The highest BCUT2D eigenvalue weighted by Crippen LogP contribution is 2.25. The maximum atomic E-state index is 11.6. The van der Waals surface area contributed by atoms with Gasteiger partial charge in [-0.3, -0.25) is 14.9 Å². The molecule has 0 heterocycles. The van der Waals surface area contributed by atoms with Gasteiger partial charge in [0, 0.05) is 12.1 Å². The van der Waals surface area contributed by atoms with Crippen molar-refractivity contribution in [2.45, 2.75) is 18.9 Å². The number of nitrogens with zero attached hydrogens (tertiary/aromatic N) is 2. The number of carbonyl (C=O) groups is 1. The van der Waals surface area contributed by atoms with Gasteiger partial charge in [-0.25, -0.2) is 0 Å². The van der Waals surface area contributed by atoms with Crippen LogP contribution in [0.2, 0.25) is 0 Å². The second kappa shape index (κ2) is 5.46. The third-order valence-electron chi connectivity index (χ3n) is 2.73. The van der Waals surface area contributed by atoms with Gasteiger partial charge in [-0.1, -0.05) is 0 Å². The Hall–Kier alpha value is -2.46.